The first-order chi connectivity index (χ1) is 13.0. The summed E-state index contributed by atoms with van der Waals surface area (Å²) in [4.78, 5) is 40.8. The van der Waals surface area contributed by atoms with Crippen LogP contribution in [0.15, 0.2) is 18.2 Å². The van der Waals surface area contributed by atoms with Gasteiger partial charge in [-0.3, -0.25) is 9.59 Å². The van der Waals surface area contributed by atoms with Gasteiger partial charge in [-0.25, -0.2) is 4.79 Å². The number of carbonyl (C=O) groups is 3. The molecular weight excluding hydrogens is 360 g/mol. The van der Waals surface area contributed by atoms with E-state index in [1.54, 1.807) is 37.2 Å². The van der Waals surface area contributed by atoms with Gasteiger partial charge in [0.1, 0.15) is 17.0 Å². The van der Waals surface area contributed by atoms with E-state index in [4.69, 9.17) is 9.47 Å². The van der Waals surface area contributed by atoms with Crippen molar-refractivity contribution in [2.75, 3.05) is 27.2 Å². The minimum atomic E-state index is -0.637. The lowest BCUT2D eigenvalue weighted by molar-refractivity contribution is -0.0227. The van der Waals surface area contributed by atoms with Gasteiger partial charge in [0.2, 0.25) is 0 Å². The normalized spacial score (nSPS) is 18.3. The van der Waals surface area contributed by atoms with Gasteiger partial charge in [0.15, 0.2) is 5.78 Å². The van der Waals surface area contributed by atoms with Crippen LogP contribution in [0.1, 0.15) is 60.7 Å². The number of amides is 2. The zero-order valence-corrected chi connectivity index (χ0v) is 17.2. The molecule has 1 saturated heterocycles. The molecule has 1 spiro atoms. The summed E-state index contributed by atoms with van der Waals surface area (Å²) >= 11 is 0. The Labute approximate surface area is 165 Å². The third-order valence-electron chi connectivity index (χ3n) is 5.08. The number of carbonyl (C=O) groups excluding carboxylic acids is 3. The van der Waals surface area contributed by atoms with E-state index in [1.807, 2.05) is 20.8 Å². The van der Waals surface area contributed by atoms with Crippen molar-refractivity contribution in [2.45, 2.75) is 51.2 Å². The van der Waals surface area contributed by atoms with Gasteiger partial charge in [0.25, 0.3) is 5.91 Å². The maximum atomic E-state index is 13.0. The summed E-state index contributed by atoms with van der Waals surface area (Å²) in [6, 6.07) is 5.13. The highest BCUT2D eigenvalue weighted by atomic mass is 16.6. The highest BCUT2D eigenvalue weighted by Gasteiger charge is 2.45. The second kappa shape index (κ2) is 7.11. The zero-order valence-electron chi connectivity index (χ0n) is 17.2. The Kier molecular flexibility index (Phi) is 5.12. The minimum Gasteiger partial charge on any atom is -0.486 e. The zero-order chi connectivity index (χ0) is 20.7. The number of nitrogens with zero attached hydrogens (tertiary/aromatic N) is 2. The number of ether oxygens (including phenoxy) is 2. The number of rotatable bonds is 1. The summed E-state index contributed by atoms with van der Waals surface area (Å²) in [5.41, 5.74) is -0.449. The number of hydrogen-bond donors (Lipinski definition) is 0. The fourth-order valence-corrected chi connectivity index (χ4v) is 3.68. The molecule has 7 nitrogen and oxygen atoms in total. The van der Waals surface area contributed by atoms with Crippen LogP contribution in [0.4, 0.5) is 4.79 Å². The lowest BCUT2D eigenvalue weighted by atomic mass is 9.81. The van der Waals surface area contributed by atoms with Gasteiger partial charge >= 0.3 is 6.09 Å². The van der Waals surface area contributed by atoms with Crippen LogP contribution in [-0.4, -0.2) is 66.0 Å². The number of Topliss-reactive ketones (excluding diaryl/α,β-unsaturated/α-hetero) is 1. The summed E-state index contributed by atoms with van der Waals surface area (Å²) in [7, 11) is 3.31. The summed E-state index contributed by atoms with van der Waals surface area (Å²) in [6.07, 6.45) is 0.954. The third-order valence-corrected chi connectivity index (χ3v) is 5.08. The van der Waals surface area contributed by atoms with Crippen LogP contribution in [0.2, 0.25) is 0 Å². The van der Waals surface area contributed by atoms with E-state index < -0.39 is 11.2 Å². The molecule has 7 heteroatoms. The molecule has 3 rings (SSSR count). The summed E-state index contributed by atoms with van der Waals surface area (Å²) < 4.78 is 11.7. The van der Waals surface area contributed by atoms with Crippen molar-refractivity contribution in [3.05, 3.63) is 29.3 Å². The lowest BCUT2D eigenvalue weighted by Gasteiger charge is -2.44. The van der Waals surface area contributed by atoms with Crippen LogP contribution in [0.5, 0.6) is 5.75 Å². The van der Waals surface area contributed by atoms with Gasteiger partial charge < -0.3 is 19.3 Å². The number of piperidine rings is 1. The summed E-state index contributed by atoms with van der Waals surface area (Å²) in [6.45, 7) is 6.44. The Hall–Kier alpha value is -2.57. The van der Waals surface area contributed by atoms with Gasteiger partial charge in [0, 0.05) is 40.0 Å². The molecule has 28 heavy (non-hydrogen) atoms. The third kappa shape index (κ3) is 3.98. The Morgan fingerprint density at radius 2 is 1.82 bits per heavy atom. The SMILES string of the molecule is CN(C)C(=O)c1cccc2c1C(=O)CC1(CCN(C(=O)OC(C)(C)C)CC1)O2. The maximum absolute atomic E-state index is 13.0. The van der Waals surface area contributed by atoms with Crippen molar-refractivity contribution in [3.63, 3.8) is 0 Å². The van der Waals surface area contributed by atoms with E-state index in [9.17, 15) is 14.4 Å². The van der Waals surface area contributed by atoms with Crippen molar-refractivity contribution < 1.29 is 23.9 Å². The van der Waals surface area contributed by atoms with Crippen LogP contribution >= 0.6 is 0 Å². The van der Waals surface area contributed by atoms with Gasteiger partial charge in [0.05, 0.1) is 17.5 Å². The van der Waals surface area contributed by atoms with E-state index in [2.05, 4.69) is 0 Å². The molecule has 2 heterocycles. The Morgan fingerprint density at radius 3 is 2.39 bits per heavy atom. The van der Waals surface area contributed by atoms with E-state index in [1.165, 1.54) is 4.90 Å². The molecule has 0 aromatic heterocycles. The molecule has 0 N–H and O–H groups in total. The molecule has 2 aliphatic heterocycles. The molecule has 0 atom stereocenters. The molecule has 2 amide bonds. The Morgan fingerprint density at radius 1 is 1.18 bits per heavy atom. The smallest absolute Gasteiger partial charge is 0.410 e. The molecule has 0 unspecified atom stereocenters. The average Bonchev–Trinajstić information content (AvgIpc) is 2.59. The fourth-order valence-electron chi connectivity index (χ4n) is 3.68. The summed E-state index contributed by atoms with van der Waals surface area (Å²) in [5, 5.41) is 0. The summed E-state index contributed by atoms with van der Waals surface area (Å²) in [5.74, 6) is 0.150. The quantitative estimate of drug-likeness (QED) is 0.739. The molecule has 0 aliphatic carbocycles. The number of hydrogen-bond acceptors (Lipinski definition) is 5. The minimum absolute atomic E-state index is 0.0854. The van der Waals surface area contributed by atoms with Gasteiger partial charge in [-0.05, 0) is 32.9 Å². The van der Waals surface area contributed by atoms with E-state index in [0.717, 1.165) is 0 Å². The van der Waals surface area contributed by atoms with E-state index >= 15 is 0 Å². The van der Waals surface area contributed by atoms with Gasteiger partial charge in [-0.2, -0.15) is 0 Å². The first kappa shape index (κ1) is 20.2. The number of fused-ring (bicyclic) bond motifs is 1. The van der Waals surface area contributed by atoms with Gasteiger partial charge in [-0.1, -0.05) is 6.07 Å². The molecule has 0 bridgehead atoms. The predicted molar refractivity (Wildman–Crippen MR) is 104 cm³/mol. The first-order valence-electron chi connectivity index (χ1n) is 9.56. The Balaban J connectivity index is 1.77. The van der Waals surface area contributed by atoms with Crippen molar-refractivity contribution in [3.8, 4) is 5.75 Å². The topological polar surface area (TPSA) is 76.2 Å². The molecule has 1 aromatic carbocycles. The van der Waals surface area contributed by atoms with Crippen molar-refractivity contribution in [2.24, 2.45) is 0 Å². The average molecular weight is 388 g/mol. The second-order valence-corrected chi connectivity index (χ2v) is 8.73. The van der Waals surface area contributed by atoms with Crippen molar-refractivity contribution in [1.82, 2.24) is 9.80 Å². The predicted octanol–water partition coefficient (Wildman–Crippen LogP) is 3.12. The number of ketones is 1. The molecular formula is C21H28N2O5. The van der Waals surface area contributed by atoms with Crippen molar-refractivity contribution in [1.29, 1.82) is 0 Å². The molecule has 1 fully saturated rings. The first-order valence-corrected chi connectivity index (χ1v) is 9.56. The Bertz CT molecular complexity index is 802. The highest BCUT2D eigenvalue weighted by Crippen LogP contribution is 2.40. The molecule has 0 radical (unpaired) electrons. The lowest BCUT2D eigenvalue weighted by Crippen LogP contribution is -2.53. The molecule has 2 aliphatic rings. The van der Waals surface area contributed by atoms with Crippen LogP contribution in [0, 0.1) is 0 Å². The van der Waals surface area contributed by atoms with Crippen molar-refractivity contribution >= 4 is 17.8 Å². The highest BCUT2D eigenvalue weighted by molar-refractivity contribution is 6.10. The van der Waals surface area contributed by atoms with Crippen LogP contribution in [-0.2, 0) is 4.74 Å². The maximum Gasteiger partial charge on any atom is 0.410 e. The largest absolute Gasteiger partial charge is 0.486 e. The monoisotopic (exact) mass is 388 g/mol. The molecule has 1 aromatic rings. The molecule has 152 valence electrons. The van der Waals surface area contributed by atoms with E-state index in [-0.39, 0.29) is 24.2 Å². The second-order valence-electron chi connectivity index (χ2n) is 8.73. The van der Waals surface area contributed by atoms with Crippen LogP contribution in [0.25, 0.3) is 0 Å². The van der Waals surface area contributed by atoms with E-state index in [0.29, 0.717) is 42.8 Å². The number of likely N-dealkylation sites (tertiary alicyclic amines) is 1. The fraction of sp³-hybridized carbons (Fsp3) is 0.571. The van der Waals surface area contributed by atoms with Crippen LogP contribution < -0.4 is 4.74 Å². The molecule has 0 saturated carbocycles. The van der Waals surface area contributed by atoms with Crippen LogP contribution in [0.3, 0.4) is 0 Å². The van der Waals surface area contributed by atoms with Gasteiger partial charge in [-0.15, -0.1) is 0 Å². The standard InChI is InChI=1S/C21H28N2O5/c1-20(2,3)28-19(26)23-11-9-21(10-12-23)13-15(24)17-14(18(25)22(4)5)7-6-8-16(17)27-21/h6-8H,9-13H2,1-5H3. The number of benzene rings is 1.